The number of hydrogen-bond donors (Lipinski definition) is 3. The van der Waals surface area contributed by atoms with Gasteiger partial charge >= 0.3 is 6.18 Å². The highest BCUT2D eigenvalue weighted by Gasteiger charge is 2.46. The number of hydrogen-bond acceptors (Lipinski definition) is 11. The van der Waals surface area contributed by atoms with E-state index in [1.54, 1.807) is 29.2 Å². The van der Waals surface area contributed by atoms with Crippen molar-refractivity contribution in [3.63, 3.8) is 0 Å². The monoisotopic (exact) mass is 980 g/mol. The molecule has 3 aliphatic rings. The summed E-state index contributed by atoms with van der Waals surface area (Å²) in [6.07, 6.45) is 15.9. The minimum absolute atomic E-state index is 0.0226. The van der Waals surface area contributed by atoms with Gasteiger partial charge < -0.3 is 40.1 Å². The van der Waals surface area contributed by atoms with Crippen LogP contribution in [0, 0.1) is 5.92 Å². The van der Waals surface area contributed by atoms with E-state index >= 15 is 0 Å². The standard InChI is InChI=1S/C52H76F3N9O6/c1-36(2)62(3)39-20-22-40(23-21-39)64-45(32-44(51(64)68)60-49-41-30-38(52(53,54)55)19-24-43(41)58-35-59-49)61-46(65)34-70-29-16-11-7-5-6-10-14-27-69-28-15-12-8-9-13-26-57-50(67)42-31-47(66)63(4)48(42)37-18-17-25-56-33-37/h17-19,24-25,30,33,35-36,39-40,42,44-45,48H,5-16,20-23,26-29,31-32,34H2,1-4H3,(H,57,67)(H,61,65)(H,58,59,60)/t39?,40?,42-,44-,45+,48+/m0/s1. The van der Waals surface area contributed by atoms with E-state index in [4.69, 9.17) is 9.47 Å². The number of halogens is 3. The molecule has 3 N–H and O–H groups in total. The van der Waals surface area contributed by atoms with Crippen molar-refractivity contribution in [3.8, 4) is 0 Å². The third-order valence-electron chi connectivity index (χ3n) is 14.4. The van der Waals surface area contributed by atoms with E-state index in [1.165, 1.54) is 12.4 Å². The molecule has 18 heteroatoms. The number of carbonyl (C=O) groups is 4. The Labute approximate surface area is 411 Å². The zero-order chi connectivity index (χ0) is 50.0. The molecule has 4 amide bonds. The fraction of sp³-hybridized carbons (Fsp3) is 0.673. The molecule has 2 aliphatic heterocycles. The number of aromatic nitrogens is 3. The fourth-order valence-corrected chi connectivity index (χ4v) is 10.2. The molecule has 3 fully saturated rings. The van der Waals surface area contributed by atoms with Gasteiger partial charge in [-0.2, -0.15) is 13.2 Å². The van der Waals surface area contributed by atoms with Crippen LogP contribution in [0.1, 0.15) is 147 Å². The van der Waals surface area contributed by atoms with Gasteiger partial charge in [0.15, 0.2) is 0 Å². The lowest BCUT2D eigenvalue weighted by Gasteiger charge is -2.41. The highest BCUT2D eigenvalue weighted by molar-refractivity contribution is 5.94. The number of fused-ring (bicyclic) bond motifs is 1. The predicted octanol–water partition coefficient (Wildman–Crippen LogP) is 8.20. The number of nitrogens with one attached hydrogen (secondary N) is 3. The summed E-state index contributed by atoms with van der Waals surface area (Å²) in [7, 11) is 3.87. The summed E-state index contributed by atoms with van der Waals surface area (Å²) >= 11 is 0. The molecule has 1 aliphatic carbocycles. The first-order chi connectivity index (χ1) is 33.7. The molecule has 1 aromatic carbocycles. The van der Waals surface area contributed by atoms with Gasteiger partial charge in [-0.3, -0.25) is 24.2 Å². The third kappa shape index (κ3) is 15.5. The Hall–Kier alpha value is -4.94. The van der Waals surface area contributed by atoms with Gasteiger partial charge in [0, 0.05) is 82.2 Å². The minimum atomic E-state index is -4.55. The van der Waals surface area contributed by atoms with Crippen LogP contribution in [0.2, 0.25) is 0 Å². The summed E-state index contributed by atoms with van der Waals surface area (Å²) < 4.78 is 52.5. The van der Waals surface area contributed by atoms with Gasteiger partial charge in [0.1, 0.15) is 31.0 Å². The third-order valence-corrected chi connectivity index (χ3v) is 14.4. The number of unbranched alkanes of at least 4 members (excludes halogenated alkanes) is 10. The van der Waals surface area contributed by atoms with Crippen molar-refractivity contribution in [2.24, 2.45) is 5.92 Å². The van der Waals surface area contributed by atoms with Crippen LogP contribution in [0.25, 0.3) is 10.9 Å². The average Bonchev–Trinajstić information content (AvgIpc) is 3.82. The van der Waals surface area contributed by atoms with Crippen molar-refractivity contribution in [2.45, 2.75) is 172 Å². The Kier molecular flexibility index (Phi) is 21.0. The molecular weight excluding hydrogens is 904 g/mol. The molecule has 3 aromatic rings. The number of carbonyl (C=O) groups excluding carboxylic acids is 4. The quantitative estimate of drug-likeness (QED) is 0.0600. The SMILES string of the molecule is CC(C)N(C)C1CCC(N2C(=O)[C@@H](Nc3ncnc4ccc(C(F)(F)F)cc34)C[C@@H]2NC(=O)COCCCCCCCCCOCCCCCCCNC(=O)[C@H]2CC(=O)N(C)[C@@H]2c2cccnc2)CC1. The van der Waals surface area contributed by atoms with Gasteiger partial charge in [0.05, 0.1) is 23.0 Å². The van der Waals surface area contributed by atoms with E-state index in [1.807, 2.05) is 12.1 Å². The second-order valence-electron chi connectivity index (χ2n) is 19.7. The first-order valence-corrected chi connectivity index (χ1v) is 25.7. The maximum absolute atomic E-state index is 14.1. The molecule has 6 rings (SSSR count). The van der Waals surface area contributed by atoms with E-state index in [-0.39, 0.29) is 66.4 Å². The summed E-state index contributed by atoms with van der Waals surface area (Å²) in [6, 6.07) is 6.63. The van der Waals surface area contributed by atoms with E-state index in [9.17, 15) is 32.3 Å². The van der Waals surface area contributed by atoms with E-state index in [0.717, 1.165) is 134 Å². The van der Waals surface area contributed by atoms with Crippen molar-refractivity contribution in [1.29, 1.82) is 0 Å². The van der Waals surface area contributed by atoms with Crippen molar-refractivity contribution in [2.75, 3.05) is 52.4 Å². The number of benzene rings is 1. The highest BCUT2D eigenvalue weighted by atomic mass is 19.4. The van der Waals surface area contributed by atoms with Crippen LogP contribution < -0.4 is 16.0 Å². The zero-order valence-electron chi connectivity index (χ0n) is 41.7. The lowest BCUT2D eigenvalue weighted by Crippen LogP contribution is -2.53. The topological polar surface area (TPSA) is 171 Å². The van der Waals surface area contributed by atoms with Gasteiger partial charge in [0.2, 0.25) is 23.6 Å². The van der Waals surface area contributed by atoms with Gasteiger partial charge in [-0.05, 0) is 102 Å². The molecular formula is C52H76F3N9O6. The van der Waals surface area contributed by atoms with Gasteiger partial charge in [-0.1, -0.05) is 57.4 Å². The number of likely N-dealkylation sites (tertiary alicyclic amines) is 2. The van der Waals surface area contributed by atoms with Crippen LogP contribution in [-0.2, 0) is 34.8 Å². The molecule has 4 atom stereocenters. The van der Waals surface area contributed by atoms with Crippen LogP contribution >= 0.6 is 0 Å². The van der Waals surface area contributed by atoms with Crippen LogP contribution in [0.15, 0.2) is 49.1 Å². The summed E-state index contributed by atoms with van der Waals surface area (Å²) in [5, 5.41) is 9.38. The van der Waals surface area contributed by atoms with Gasteiger partial charge in [-0.25, -0.2) is 9.97 Å². The summed E-state index contributed by atoms with van der Waals surface area (Å²) in [5.41, 5.74) is 0.373. The fourth-order valence-electron chi connectivity index (χ4n) is 10.2. The molecule has 15 nitrogen and oxygen atoms in total. The molecule has 70 heavy (non-hydrogen) atoms. The lowest BCUT2D eigenvalue weighted by molar-refractivity contribution is -0.138. The smallest absolute Gasteiger partial charge is 0.381 e. The molecule has 386 valence electrons. The van der Waals surface area contributed by atoms with Crippen LogP contribution in [-0.4, -0.2) is 131 Å². The molecule has 0 radical (unpaired) electrons. The molecule has 4 heterocycles. The first kappa shape index (κ1) is 54.4. The second-order valence-corrected chi connectivity index (χ2v) is 19.7. The Morgan fingerprint density at radius 2 is 1.53 bits per heavy atom. The van der Waals surface area contributed by atoms with Gasteiger partial charge in [0.25, 0.3) is 0 Å². The average molecular weight is 980 g/mol. The highest BCUT2D eigenvalue weighted by Crippen LogP contribution is 2.38. The Morgan fingerprint density at radius 3 is 2.17 bits per heavy atom. The molecule has 0 bridgehead atoms. The molecule has 2 aromatic heterocycles. The number of pyridine rings is 1. The Balaban J connectivity index is 0.798. The van der Waals surface area contributed by atoms with Gasteiger partial charge in [-0.15, -0.1) is 0 Å². The van der Waals surface area contributed by atoms with E-state index < -0.39 is 29.9 Å². The first-order valence-electron chi connectivity index (χ1n) is 25.7. The predicted molar refractivity (Wildman–Crippen MR) is 262 cm³/mol. The molecule has 2 saturated heterocycles. The van der Waals surface area contributed by atoms with Crippen LogP contribution in [0.4, 0.5) is 19.0 Å². The van der Waals surface area contributed by atoms with Crippen molar-refractivity contribution >= 4 is 40.3 Å². The number of anilines is 1. The number of ether oxygens (including phenoxy) is 2. The summed E-state index contributed by atoms with van der Waals surface area (Å²) in [6.45, 7) is 6.80. The summed E-state index contributed by atoms with van der Waals surface area (Å²) in [4.78, 5) is 71.0. The maximum Gasteiger partial charge on any atom is 0.416 e. The Bertz CT molecular complexity index is 2130. The molecule has 0 unspecified atom stereocenters. The number of nitrogens with zero attached hydrogens (tertiary/aromatic N) is 6. The van der Waals surface area contributed by atoms with Crippen molar-refractivity contribution in [1.82, 2.24) is 40.3 Å². The zero-order valence-corrected chi connectivity index (χ0v) is 41.7. The number of rotatable bonds is 28. The molecule has 1 saturated carbocycles. The molecule has 0 spiro atoms. The van der Waals surface area contributed by atoms with Crippen LogP contribution in [0.5, 0.6) is 0 Å². The van der Waals surface area contributed by atoms with Crippen molar-refractivity contribution in [3.05, 3.63) is 60.2 Å². The lowest BCUT2D eigenvalue weighted by atomic mass is 9.89. The number of alkyl halides is 3. The van der Waals surface area contributed by atoms with E-state index in [0.29, 0.717) is 30.8 Å². The Morgan fingerprint density at radius 1 is 0.871 bits per heavy atom. The van der Waals surface area contributed by atoms with Crippen molar-refractivity contribution < 1.29 is 41.8 Å². The van der Waals surface area contributed by atoms with E-state index in [2.05, 4.69) is 56.7 Å². The maximum atomic E-state index is 14.1. The number of amides is 4. The van der Waals surface area contributed by atoms with Crippen LogP contribution in [0.3, 0.4) is 0 Å². The largest absolute Gasteiger partial charge is 0.416 e. The minimum Gasteiger partial charge on any atom is -0.381 e. The second kappa shape index (κ2) is 27.0. The summed E-state index contributed by atoms with van der Waals surface area (Å²) in [5.74, 6) is -0.892. The normalized spacial score (nSPS) is 21.9.